The summed E-state index contributed by atoms with van der Waals surface area (Å²) in [6.45, 7) is 3.35. The van der Waals surface area contributed by atoms with E-state index >= 15 is 0 Å². The van der Waals surface area contributed by atoms with Gasteiger partial charge in [0.1, 0.15) is 11.9 Å². The Bertz CT molecular complexity index is 356. The summed E-state index contributed by atoms with van der Waals surface area (Å²) in [7, 11) is 0. The van der Waals surface area contributed by atoms with Crippen molar-refractivity contribution in [2.45, 2.75) is 19.0 Å². The van der Waals surface area contributed by atoms with Gasteiger partial charge in [-0.2, -0.15) is 5.10 Å². The molecule has 1 aromatic rings. The fraction of sp³-hybridized carbons (Fsp3) is 0.667. The fourth-order valence-corrected chi connectivity index (χ4v) is 2.01. The van der Waals surface area contributed by atoms with Crippen molar-refractivity contribution in [1.29, 1.82) is 0 Å². The van der Waals surface area contributed by atoms with Crippen LogP contribution in [0.3, 0.4) is 0 Å². The van der Waals surface area contributed by atoms with Gasteiger partial charge in [0.2, 0.25) is 0 Å². The molecule has 2 aliphatic heterocycles. The zero-order valence-corrected chi connectivity index (χ0v) is 7.99. The minimum Gasteiger partial charge on any atom is -0.384 e. The first-order valence-corrected chi connectivity index (χ1v) is 5.00. The highest BCUT2D eigenvalue weighted by Gasteiger charge is 2.27. The predicted molar refractivity (Wildman–Crippen MR) is 51.9 cm³/mol. The number of nitrogens with one attached hydrogen (secondary N) is 1. The lowest BCUT2D eigenvalue weighted by Gasteiger charge is -2.27. The molecule has 0 unspecified atom stereocenters. The number of hydrogen-bond donors (Lipinski definition) is 2. The van der Waals surface area contributed by atoms with Crippen molar-refractivity contribution in [2.24, 2.45) is 0 Å². The first kappa shape index (κ1) is 8.26. The van der Waals surface area contributed by atoms with Gasteiger partial charge in [0.15, 0.2) is 0 Å². The molecule has 0 aromatic carbocycles. The summed E-state index contributed by atoms with van der Waals surface area (Å²) in [6.07, 6.45) is 0.995. The molecule has 0 amide bonds. The molecule has 1 aromatic heterocycles. The van der Waals surface area contributed by atoms with Crippen LogP contribution in [0.4, 0.5) is 5.82 Å². The van der Waals surface area contributed by atoms with E-state index in [1.165, 1.54) is 5.56 Å². The van der Waals surface area contributed by atoms with Crippen LogP contribution in [0.15, 0.2) is 0 Å². The predicted octanol–water partition coefficient (Wildman–Crippen LogP) is -0.318. The van der Waals surface area contributed by atoms with Crippen LogP contribution < -0.4 is 11.1 Å². The Labute approximate surface area is 82.2 Å². The highest BCUT2D eigenvalue weighted by atomic mass is 16.5. The van der Waals surface area contributed by atoms with Crippen molar-refractivity contribution in [3.63, 3.8) is 0 Å². The Balaban J connectivity index is 2.00. The van der Waals surface area contributed by atoms with Crippen molar-refractivity contribution in [2.75, 3.05) is 25.5 Å². The molecular formula is C9H14N4O. The van der Waals surface area contributed by atoms with Crippen LogP contribution in [0.1, 0.15) is 17.3 Å². The maximum absolute atomic E-state index is 6.05. The molecule has 76 valence electrons. The standard InChI is InChI=1S/C9H14N4O/c10-9-7-1-2-11-3-8(7)12-13(9)6-4-14-5-6/h6,11H,1-5,10H2. The fourth-order valence-electron chi connectivity index (χ4n) is 2.01. The molecule has 14 heavy (non-hydrogen) atoms. The van der Waals surface area contributed by atoms with Crippen LogP contribution in [-0.2, 0) is 17.7 Å². The molecule has 1 fully saturated rings. The van der Waals surface area contributed by atoms with Crippen LogP contribution in [0.25, 0.3) is 0 Å². The Kier molecular flexibility index (Phi) is 1.75. The zero-order valence-electron chi connectivity index (χ0n) is 7.99. The van der Waals surface area contributed by atoms with Crippen LogP contribution in [-0.4, -0.2) is 29.5 Å². The van der Waals surface area contributed by atoms with Gasteiger partial charge in [-0.3, -0.25) is 0 Å². The summed E-state index contributed by atoms with van der Waals surface area (Å²) in [5.41, 5.74) is 8.40. The van der Waals surface area contributed by atoms with Gasteiger partial charge in [-0.05, 0) is 13.0 Å². The highest BCUT2D eigenvalue weighted by molar-refractivity contribution is 5.45. The van der Waals surface area contributed by atoms with Gasteiger partial charge >= 0.3 is 0 Å². The van der Waals surface area contributed by atoms with Crippen molar-refractivity contribution >= 4 is 5.82 Å². The summed E-state index contributed by atoms with van der Waals surface area (Å²) in [4.78, 5) is 0. The Morgan fingerprint density at radius 2 is 2.36 bits per heavy atom. The molecule has 1 saturated heterocycles. The minimum absolute atomic E-state index is 0.362. The maximum atomic E-state index is 6.05. The third kappa shape index (κ3) is 1.06. The van der Waals surface area contributed by atoms with E-state index in [1.807, 2.05) is 4.68 Å². The molecule has 5 heteroatoms. The number of hydrogen-bond acceptors (Lipinski definition) is 4. The van der Waals surface area contributed by atoms with Gasteiger partial charge in [-0.15, -0.1) is 0 Å². The van der Waals surface area contributed by atoms with E-state index in [0.717, 1.165) is 44.2 Å². The summed E-state index contributed by atoms with van der Waals surface area (Å²) in [6, 6.07) is 0.362. The van der Waals surface area contributed by atoms with Crippen LogP contribution in [0, 0.1) is 0 Å². The lowest BCUT2D eigenvalue weighted by Crippen LogP contribution is -2.32. The van der Waals surface area contributed by atoms with E-state index in [-0.39, 0.29) is 0 Å². The van der Waals surface area contributed by atoms with E-state index in [4.69, 9.17) is 10.5 Å². The topological polar surface area (TPSA) is 65.1 Å². The molecule has 5 nitrogen and oxygen atoms in total. The summed E-state index contributed by atoms with van der Waals surface area (Å²) >= 11 is 0. The Morgan fingerprint density at radius 1 is 1.50 bits per heavy atom. The summed E-state index contributed by atoms with van der Waals surface area (Å²) < 4.78 is 7.08. The molecule has 3 rings (SSSR count). The third-order valence-electron chi connectivity index (χ3n) is 2.94. The van der Waals surface area contributed by atoms with Crippen molar-refractivity contribution in [3.8, 4) is 0 Å². The number of aromatic nitrogens is 2. The van der Waals surface area contributed by atoms with Gasteiger partial charge in [-0.25, -0.2) is 4.68 Å². The average Bonchev–Trinajstić information content (AvgIpc) is 2.43. The van der Waals surface area contributed by atoms with E-state index in [0.29, 0.717) is 6.04 Å². The second kappa shape index (κ2) is 2.96. The number of nitrogens with zero attached hydrogens (tertiary/aromatic N) is 2. The van der Waals surface area contributed by atoms with E-state index in [1.54, 1.807) is 0 Å². The monoisotopic (exact) mass is 194 g/mol. The average molecular weight is 194 g/mol. The van der Waals surface area contributed by atoms with Gasteiger partial charge in [-0.1, -0.05) is 0 Å². The smallest absolute Gasteiger partial charge is 0.125 e. The quantitative estimate of drug-likeness (QED) is 0.643. The van der Waals surface area contributed by atoms with Gasteiger partial charge < -0.3 is 15.8 Å². The molecule has 2 aliphatic rings. The molecule has 0 aliphatic carbocycles. The molecular weight excluding hydrogens is 180 g/mol. The van der Waals surface area contributed by atoms with Gasteiger partial charge in [0.05, 0.1) is 18.9 Å². The lowest BCUT2D eigenvalue weighted by molar-refractivity contribution is -0.0277. The van der Waals surface area contributed by atoms with Crippen molar-refractivity contribution in [3.05, 3.63) is 11.3 Å². The van der Waals surface area contributed by atoms with Crippen LogP contribution >= 0.6 is 0 Å². The maximum Gasteiger partial charge on any atom is 0.125 e. The largest absolute Gasteiger partial charge is 0.384 e. The number of rotatable bonds is 1. The Morgan fingerprint density at radius 3 is 3.00 bits per heavy atom. The second-order valence-corrected chi connectivity index (χ2v) is 3.87. The second-order valence-electron chi connectivity index (χ2n) is 3.87. The van der Waals surface area contributed by atoms with Gasteiger partial charge in [0, 0.05) is 12.1 Å². The van der Waals surface area contributed by atoms with E-state index in [2.05, 4.69) is 10.4 Å². The molecule has 3 heterocycles. The third-order valence-corrected chi connectivity index (χ3v) is 2.94. The highest BCUT2D eigenvalue weighted by Crippen LogP contribution is 2.26. The van der Waals surface area contributed by atoms with E-state index in [9.17, 15) is 0 Å². The molecule has 3 N–H and O–H groups in total. The van der Waals surface area contributed by atoms with E-state index < -0.39 is 0 Å². The zero-order chi connectivity index (χ0) is 9.54. The number of nitrogen functional groups attached to an aromatic ring is 1. The summed E-state index contributed by atoms with van der Waals surface area (Å²) in [5, 5.41) is 7.82. The Hall–Kier alpha value is -1.07. The normalized spacial score (nSPS) is 21.7. The van der Waals surface area contributed by atoms with Crippen molar-refractivity contribution in [1.82, 2.24) is 15.1 Å². The lowest BCUT2D eigenvalue weighted by atomic mass is 10.1. The molecule has 0 bridgehead atoms. The number of nitrogens with two attached hydrogens (primary N) is 1. The van der Waals surface area contributed by atoms with Crippen LogP contribution in [0.5, 0.6) is 0 Å². The summed E-state index contributed by atoms with van der Waals surface area (Å²) in [5.74, 6) is 0.842. The molecule has 0 saturated carbocycles. The first-order chi connectivity index (χ1) is 6.86. The minimum atomic E-state index is 0.362. The van der Waals surface area contributed by atoms with Crippen LogP contribution in [0.2, 0.25) is 0 Å². The van der Waals surface area contributed by atoms with Crippen molar-refractivity contribution < 1.29 is 4.74 Å². The molecule has 0 spiro atoms. The SMILES string of the molecule is Nc1c2c(nn1C1COC1)CNCC2. The number of anilines is 1. The molecule has 0 atom stereocenters. The van der Waals surface area contributed by atoms with Gasteiger partial charge in [0.25, 0.3) is 0 Å². The number of ether oxygens (including phenoxy) is 1. The first-order valence-electron chi connectivity index (χ1n) is 5.00. The molecule has 0 radical (unpaired) electrons. The number of fused-ring (bicyclic) bond motifs is 1.